The van der Waals surface area contributed by atoms with Crippen molar-refractivity contribution in [2.75, 3.05) is 26.2 Å². The van der Waals surface area contributed by atoms with E-state index < -0.39 is 0 Å². The number of rotatable bonds is 2. The molecule has 4 aliphatic heterocycles. The molecule has 4 saturated heterocycles. The summed E-state index contributed by atoms with van der Waals surface area (Å²) in [6, 6.07) is 1.20. The fourth-order valence-corrected chi connectivity index (χ4v) is 5.61. The van der Waals surface area contributed by atoms with E-state index >= 15 is 0 Å². The van der Waals surface area contributed by atoms with Crippen molar-refractivity contribution < 1.29 is 9.53 Å². The van der Waals surface area contributed by atoms with Gasteiger partial charge >= 0.3 is 0 Å². The molecule has 1 unspecified atom stereocenters. The first-order chi connectivity index (χ1) is 10.3. The van der Waals surface area contributed by atoms with Gasteiger partial charge in [0.05, 0.1) is 12.5 Å². The Morgan fingerprint density at radius 3 is 2.86 bits per heavy atom. The maximum atomic E-state index is 12.6. The number of ether oxygens (including phenoxy) is 1. The highest BCUT2D eigenvalue weighted by atomic mass is 16.5. The zero-order valence-electron chi connectivity index (χ0n) is 13.2. The third-order valence-corrected chi connectivity index (χ3v) is 6.30. The Morgan fingerprint density at radius 1 is 1.24 bits per heavy atom. The molecule has 4 heteroatoms. The topological polar surface area (TPSA) is 32.8 Å². The number of piperidine rings is 4. The van der Waals surface area contributed by atoms with Crippen LogP contribution in [0.5, 0.6) is 0 Å². The van der Waals surface area contributed by atoms with Gasteiger partial charge in [-0.25, -0.2) is 0 Å². The lowest BCUT2D eigenvalue weighted by Crippen LogP contribution is -2.67. The van der Waals surface area contributed by atoms with E-state index in [1.165, 1.54) is 38.8 Å². The van der Waals surface area contributed by atoms with Gasteiger partial charge in [-0.3, -0.25) is 9.69 Å². The van der Waals surface area contributed by atoms with Crippen molar-refractivity contribution in [2.45, 2.75) is 63.6 Å². The molecule has 0 aromatic heterocycles. The molecule has 0 saturated carbocycles. The molecule has 21 heavy (non-hydrogen) atoms. The highest BCUT2D eigenvalue weighted by Crippen LogP contribution is 2.45. The van der Waals surface area contributed by atoms with Crippen LogP contribution in [0.4, 0.5) is 0 Å². The fraction of sp³-hybridized carbons (Fsp3) is 0.941. The zero-order valence-corrected chi connectivity index (χ0v) is 13.2. The Morgan fingerprint density at radius 2 is 2.05 bits per heavy atom. The maximum absolute atomic E-state index is 12.6. The van der Waals surface area contributed by atoms with Crippen LogP contribution in [0.25, 0.3) is 0 Å². The van der Waals surface area contributed by atoms with Crippen LogP contribution in [-0.4, -0.2) is 60.1 Å². The molecule has 4 rings (SSSR count). The molecular weight excluding hydrogens is 264 g/mol. The standard InChI is InChI=1S/C17H28N2O2/c1-2-21-13-9-15-14-6-4-8-18-7-3-5-12(17(14)18)11-19(15)16(20)10-13/h12-15,17H,2-11H2,1H3/t12-,13?,14+,15+,17-/m0/s1. The predicted octanol–water partition coefficient (Wildman–Crippen LogP) is 1.89. The van der Waals surface area contributed by atoms with E-state index in [1.54, 1.807) is 0 Å². The molecule has 5 atom stereocenters. The smallest absolute Gasteiger partial charge is 0.225 e. The van der Waals surface area contributed by atoms with Crippen molar-refractivity contribution in [3.63, 3.8) is 0 Å². The molecule has 4 heterocycles. The molecule has 0 aliphatic carbocycles. The summed E-state index contributed by atoms with van der Waals surface area (Å²) in [5.74, 6) is 1.78. The number of fused-ring (bicyclic) bond motifs is 2. The maximum Gasteiger partial charge on any atom is 0.225 e. The lowest BCUT2D eigenvalue weighted by molar-refractivity contribution is -0.160. The third kappa shape index (κ3) is 2.31. The molecule has 0 radical (unpaired) electrons. The third-order valence-electron chi connectivity index (χ3n) is 6.30. The summed E-state index contributed by atoms with van der Waals surface area (Å²) in [5.41, 5.74) is 0. The van der Waals surface area contributed by atoms with Crippen LogP contribution in [0.1, 0.15) is 45.4 Å². The Hall–Kier alpha value is -0.610. The van der Waals surface area contributed by atoms with Gasteiger partial charge in [0.25, 0.3) is 0 Å². The number of carbonyl (C=O) groups is 1. The van der Waals surface area contributed by atoms with Gasteiger partial charge in [0, 0.05) is 25.2 Å². The molecular formula is C17H28N2O2. The average Bonchev–Trinajstić information content (AvgIpc) is 2.49. The van der Waals surface area contributed by atoms with E-state index in [1.807, 2.05) is 6.92 Å². The van der Waals surface area contributed by atoms with Gasteiger partial charge < -0.3 is 9.64 Å². The van der Waals surface area contributed by atoms with Crippen LogP contribution in [0.2, 0.25) is 0 Å². The molecule has 0 N–H and O–H groups in total. The quantitative estimate of drug-likeness (QED) is 0.779. The minimum atomic E-state index is 0.166. The van der Waals surface area contributed by atoms with Crippen molar-refractivity contribution in [1.29, 1.82) is 0 Å². The Kier molecular flexibility index (Phi) is 3.70. The van der Waals surface area contributed by atoms with Gasteiger partial charge in [0.2, 0.25) is 5.91 Å². The highest BCUT2D eigenvalue weighted by Gasteiger charge is 2.51. The first-order valence-corrected chi connectivity index (χ1v) is 8.93. The fourth-order valence-electron chi connectivity index (χ4n) is 5.61. The minimum absolute atomic E-state index is 0.166. The molecule has 0 bridgehead atoms. The summed E-state index contributed by atoms with van der Waals surface area (Å²) < 4.78 is 5.81. The van der Waals surface area contributed by atoms with Gasteiger partial charge in [-0.15, -0.1) is 0 Å². The molecule has 0 spiro atoms. The van der Waals surface area contributed by atoms with Crippen molar-refractivity contribution in [3.05, 3.63) is 0 Å². The summed E-state index contributed by atoms with van der Waals surface area (Å²) in [5, 5.41) is 0. The molecule has 4 fully saturated rings. The van der Waals surface area contributed by atoms with Crippen LogP contribution in [0.3, 0.4) is 0 Å². The lowest BCUT2D eigenvalue weighted by Gasteiger charge is -2.59. The van der Waals surface area contributed by atoms with Crippen molar-refractivity contribution in [3.8, 4) is 0 Å². The van der Waals surface area contributed by atoms with E-state index in [0.717, 1.165) is 31.5 Å². The van der Waals surface area contributed by atoms with Crippen LogP contribution in [0, 0.1) is 11.8 Å². The summed E-state index contributed by atoms with van der Waals surface area (Å²) >= 11 is 0. The molecule has 0 aromatic carbocycles. The molecule has 1 amide bonds. The van der Waals surface area contributed by atoms with Crippen LogP contribution in [-0.2, 0) is 9.53 Å². The van der Waals surface area contributed by atoms with E-state index in [2.05, 4.69) is 9.80 Å². The van der Waals surface area contributed by atoms with Gasteiger partial charge in [-0.1, -0.05) is 0 Å². The monoisotopic (exact) mass is 292 g/mol. The summed E-state index contributed by atoms with van der Waals surface area (Å²) in [4.78, 5) is 17.6. The SMILES string of the molecule is CCOC1CC(=O)N2C[C@@H]3CCCN4CCC[C@@H]([C@H]34)[C@H]2C1. The van der Waals surface area contributed by atoms with Gasteiger partial charge in [-0.2, -0.15) is 0 Å². The molecule has 4 nitrogen and oxygen atoms in total. The summed E-state index contributed by atoms with van der Waals surface area (Å²) in [6.07, 6.45) is 7.11. The highest BCUT2D eigenvalue weighted by molar-refractivity contribution is 5.78. The molecule has 118 valence electrons. The van der Waals surface area contributed by atoms with Crippen LogP contribution >= 0.6 is 0 Å². The Labute approximate surface area is 127 Å². The van der Waals surface area contributed by atoms with Gasteiger partial charge in [0.15, 0.2) is 0 Å². The van der Waals surface area contributed by atoms with Crippen LogP contribution in [0.15, 0.2) is 0 Å². The number of amides is 1. The Bertz CT molecular complexity index is 412. The largest absolute Gasteiger partial charge is 0.378 e. The van der Waals surface area contributed by atoms with E-state index in [4.69, 9.17) is 4.74 Å². The molecule has 0 aromatic rings. The van der Waals surface area contributed by atoms with Gasteiger partial charge in [-0.05, 0) is 64.0 Å². The van der Waals surface area contributed by atoms with Crippen molar-refractivity contribution >= 4 is 5.91 Å². The predicted molar refractivity (Wildman–Crippen MR) is 81.0 cm³/mol. The minimum Gasteiger partial charge on any atom is -0.378 e. The average molecular weight is 292 g/mol. The van der Waals surface area contributed by atoms with Crippen molar-refractivity contribution in [2.24, 2.45) is 11.8 Å². The number of nitrogens with zero attached hydrogens (tertiary/aromatic N) is 2. The first kappa shape index (κ1) is 14.0. The first-order valence-electron chi connectivity index (χ1n) is 8.93. The summed E-state index contributed by atoms with van der Waals surface area (Å²) in [6.45, 7) is 6.35. The number of hydrogen-bond acceptors (Lipinski definition) is 3. The summed E-state index contributed by atoms with van der Waals surface area (Å²) in [7, 11) is 0. The van der Waals surface area contributed by atoms with Gasteiger partial charge in [0.1, 0.15) is 0 Å². The zero-order chi connectivity index (χ0) is 14.4. The normalized spacial score (nSPS) is 43.4. The second-order valence-corrected chi connectivity index (χ2v) is 7.37. The lowest BCUT2D eigenvalue weighted by atomic mass is 9.68. The van der Waals surface area contributed by atoms with E-state index in [-0.39, 0.29) is 6.10 Å². The second kappa shape index (κ2) is 5.54. The second-order valence-electron chi connectivity index (χ2n) is 7.37. The number of hydrogen-bond donors (Lipinski definition) is 0. The van der Waals surface area contributed by atoms with E-state index in [9.17, 15) is 4.79 Å². The number of carbonyl (C=O) groups excluding carboxylic acids is 1. The Balaban J connectivity index is 1.59. The van der Waals surface area contributed by atoms with Crippen LogP contribution < -0.4 is 0 Å². The van der Waals surface area contributed by atoms with E-state index in [0.29, 0.717) is 24.3 Å². The molecule has 4 aliphatic rings. The van der Waals surface area contributed by atoms with Crippen molar-refractivity contribution in [1.82, 2.24) is 9.80 Å².